The molecule has 0 aromatic rings. The first-order valence-electron chi connectivity index (χ1n) is 8.50. The smallest absolute Gasteiger partial charge is 0.396 e. The molecule has 0 fully saturated rings. The summed E-state index contributed by atoms with van der Waals surface area (Å²) in [6, 6.07) is 0. The zero-order valence-electron chi connectivity index (χ0n) is 14.8. The van der Waals surface area contributed by atoms with Crippen LogP contribution in [0.5, 0.6) is 0 Å². The van der Waals surface area contributed by atoms with Gasteiger partial charge < -0.3 is 20.6 Å². The van der Waals surface area contributed by atoms with Crippen molar-refractivity contribution in [2.75, 3.05) is 40.5 Å². The number of hydrogen-bond acceptors (Lipinski definition) is 6. The predicted octanol–water partition coefficient (Wildman–Crippen LogP) is 1.42. The average Bonchev–Trinajstić information content (AvgIpc) is 2.57. The first kappa shape index (κ1) is 23.5. The molecule has 0 spiro atoms. The Kier molecular flexibility index (Phi) is 14.5. The van der Waals surface area contributed by atoms with E-state index in [0.717, 1.165) is 45.8 Å². The zero-order valence-corrected chi connectivity index (χ0v) is 15.7. The second kappa shape index (κ2) is 14.8. The highest BCUT2D eigenvalue weighted by Gasteiger charge is 2.20. The summed E-state index contributed by atoms with van der Waals surface area (Å²) >= 11 is 0. The molecule has 2 atom stereocenters. The van der Waals surface area contributed by atoms with E-state index in [4.69, 9.17) is 9.42 Å². The second-order valence-corrected chi connectivity index (χ2v) is 7.32. The van der Waals surface area contributed by atoms with Crippen LogP contribution in [0.3, 0.4) is 0 Å². The number of carbonyl (C=O) groups is 1. The van der Waals surface area contributed by atoms with Crippen molar-refractivity contribution < 1.29 is 28.4 Å². The minimum atomic E-state index is -3.99. The third kappa shape index (κ3) is 13.9. The van der Waals surface area contributed by atoms with E-state index in [2.05, 4.69) is 15.2 Å². The minimum absolute atomic E-state index is 0.0307. The Hall–Kier alpha value is -0.500. The lowest BCUT2D eigenvalue weighted by Crippen LogP contribution is -2.24. The molecule has 0 aliphatic rings. The van der Waals surface area contributed by atoms with Gasteiger partial charge in [-0.1, -0.05) is 12.8 Å². The quantitative estimate of drug-likeness (QED) is 0.240. The molecule has 0 bridgehead atoms. The summed E-state index contributed by atoms with van der Waals surface area (Å²) in [5.41, 5.74) is 0. The van der Waals surface area contributed by atoms with Crippen molar-refractivity contribution in [3.8, 4) is 0 Å². The van der Waals surface area contributed by atoms with Gasteiger partial charge in [-0.15, -0.1) is 0 Å². The van der Waals surface area contributed by atoms with Crippen LogP contribution in [-0.2, 0) is 18.4 Å². The topological polar surface area (TPSA) is 117 Å². The van der Waals surface area contributed by atoms with Gasteiger partial charge in [0.05, 0.1) is 6.61 Å². The molecule has 0 aliphatic carbocycles. The molecule has 0 rings (SSSR count). The van der Waals surface area contributed by atoms with Crippen molar-refractivity contribution in [2.24, 2.45) is 5.92 Å². The molecule has 2 unspecified atom stereocenters. The van der Waals surface area contributed by atoms with Gasteiger partial charge in [-0.05, 0) is 39.3 Å². The fourth-order valence-electron chi connectivity index (χ4n) is 2.12. The number of amides is 1. The van der Waals surface area contributed by atoms with E-state index in [-0.39, 0.29) is 25.0 Å². The summed E-state index contributed by atoms with van der Waals surface area (Å²) in [5.74, 6) is -0.147. The molecule has 0 radical (unpaired) electrons. The van der Waals surface area contributed by atoms with Crippen LogP contribution >= 0.6 is 7.82 Å². The maximum absolute atomic E-state index is 11.6. The molecule has 8 nitrogen and oxygen atoms in total. The molecular weight excluding hydrogens is 335 g/mol. The standard InChI is InChI=1S/C15H33N2O6P/c1-16-10-6-3-4-9-15(19)17-11-7-5-8-14(12-18)13-23-24(20,21)22-2/h14,16,18H,3-13H2,1-2H3,(H,17,19)(H,20,21). The molecule has 0 saturated heterocycles. The van der Waals surface area contributed by atoms with Crippen LogP contribution in [0.25, 0.3) is 0 Å². The molecular formula is C15H33N2O6P. The molecule has 1 amide bonds. The number of aliphatic hydroxyl groups excluding tert-OH is 1. The number of rotatable bonds is 16. The van der Waals surface area contributed by atoms with Crippen LogP contribution in [0.1, 0.15) is 44.9 Å². The second-order valence-electron chi connectivity index (χ2n) is 5.76. The van der Waals surface area contributed by atoms with Gasteiger partial charge in [0.1, 0.15) is 0 Å². The number of nitrogens with one attached hydrogen (secondary N) is 2. The SMILES string of the molecule is CNCCCCCC(=O)NCCCCC(CO)COP(=O)(O)OC. The molecule has 0 aromatic heterocycles. The number of carbonyl (C=O) groups excluding carboxylic acids is 1. The van der Waals surface area contributed by atoms with E-state index in [1.807, 2.05) is 7.05 Å². The van der Waals surface area contributed by atoms with Gasteiger partial charge in [-0.2, -0.15) is 0 Å². The number of hydrogen-bond donors (Lipinski definition) is 4. The van der Waals surface area contributed by atoms with E-state index >= 15 is 0 Å². The highest BCUT2D eigenvalue weighted by molar-refractivity contribution is 7.47. The van der Waals surface area contributed by atoms with Gasteiger partial charge in [-0.3, -0.25) is 13.8 Å². The Balaban J connectivity index is 3.61. The van der Waals surface area contributed by atoms with Gasteiger partial charge in [0.15, 0.2) is 0 Å². The maximum Gasteiger partial charge on any atom is 0.471 e. The molecule has 0 aliphatic heterocycles. The predicted molar refractivity (Wildman–Crippen MR) is 92.6 cm³/mol. The Labute approximate surface area is 144 Å². The van der Waals surface area contributed by atoms with Gasteiger partial charge in [0.25, 0.3) is 0 Å². The molecule has 0 saturated carbocycles. The number of phosphoric acid groups is 1. The number of unbranched alkanes of at least 4 members (excludes halogenated alkanes) is 3. The summed E-state index contributed by atoms with van der Waals surface area (Å²) in [6.07, 6.45) is 5.82. The first-order chi connectivity index (χ1) is 11.4. The van der Waals surface area contributed by atoms with Crippen molar-refractivity contribution in [1.82, 2.24) is 10.6 Å². The van der Waals surface area contributed by atoms with Crippen LogP contribution < -0.4 is 10.6 Å². The summed E-state index contributed by atoms with van der Waals surface area (Å²) in [5, 5.41) is 15.2. The van der Waals surface area contributed by atoms with Crippen molar-refractivity contribution >= 4 is 13.7 Å². The minimum Gasteiger partial charge on any atom is -0.396 e. The first-order valence-corrected chi connectivity index (χ1v) is 10.00. The van der Waals surface area contributed by atoms with Crippen molar-refractivity contribution in [3.05, 3.63) is 0 Å². The molecule has 0 heterocycles. The molecule has 0 aromatic carbocycles. The van der Waals surface area contributed by atoms with Crippen LogP contribution in [0.4, 0.5) is 0 Å². The van der Waals surface area contributed by atoms with Gasteiger partial charge in [0.2, 0.25) is 5.91 Å². The van der Waals surface area contributed by atoms with Gasteiger partial charge in [-0.25, -0.2) is 4.57 Å². The van der Waals surface area contributed by atoms with Gasteiger partial charge >= 0.3 is 7.82 Å². The van der Waals surface area contributed by atoms with E-state index in [0.29, 0.717) is 19.4 Å². The Bertz CT molecular complexity index is 370. The summed E-state index contributed by atoms with van der Waals surface area (Å²) in [4.78, 5) is 20.8. The summed E-state index contributed by atoms with van der Waals surface area (Å²) < 4.78 is 20.2. The van der Waals surface area contributed by atoms with Crippen molar-refractivity contribution in [1.29, 1.82) is 0 Å². The van der Waals surface area contributed by atoms with E-state index in [1.54, 1.807) is 0 Å². The van der Waals surface area contributed by atoms with Gasteiger partial charge in [0, 0.05) is 32.6 Å². The zero-order chi connectivity index (χ0) is 18.3. The fourth-order valence-corrected chi connectivity index (χ4v) is 2.62. The monoisotopic (exact) mass is 368 g/mol. The van der Waals surface area contributed by atoms with Crippen LogP contribution in [0, 0.1) is 5.92 Å². The number of phosphoric ester groups is 1. The summed E-state index contributed by atoms with van der Waals surface area (Å²) in [6.45, 7) is 1.43. The Morgan fingerprint density at radius 3 is 2.50 bits per heavy atom. The molecule has 9 heteroatoms. The average molecular weight is 368 g/mol. The van der Waals surface area contributed by atoms with Crippen LogP contribution in [0.2, 0.25) is 0 Å². The Morgan fingerprint density at radius 1 is 1.17 bits per heavy atom. The fraction of sp³-hybridized carbons (Fsp3) is 0.933. The highest BCUT2D eigenvalue weighted by Crippen LogP contribution is 2.42. The molecule has 24 heavy (non-hydrogen) atoms. The lowest BCUT2D eigenvalue weighted by molar-refractivity contribution is -0.121. The Morgan fingerprint density at radius 2 is 1.88 bits per heavy atom. The summed E-state index contributed by atoms with van der Waals surface area (Å²) in [7, 11) is -0.976. The van der Waals surface area contributed by atoms with Crippen LogP contribution in [-0.4, -0.2) is 56.4 Å². The maximum atomic E-state index is 11.6. The highest BCUT2D eigenvalue weighted by atomic mass is 31.2. The molecule has 4 N–H and O–H groups in total. The van der Waals surface area contributed by atoms with Crippen molar-refractivity contribution in [3.63, 3.8) is 0 Å². The van der Waals surface area contributed by atoms with Crippen molar-refractivity contribution in [2.45, 2.75) is 44.9 Å². The van der Waals surface area contributed by atoms with E-state index < -0.39 is 7.82 Å². The van der Waals surface area contributed by atoms with Crippen LogP contribution in [0.15, 0.2) is 0 Å². The third-order valence-electron chi connectivity index (χ3n) is 3.65. The van der Waals surface area contributed by atoms with E-state index in [1.165, 1.54) is 0 Å². The lowest BCUT2D eigenvalue weighted by Gasteiger charge is -2.16. The van der Waals surface area contributed by atoms with E-state index in [9.17, 15) is 14.5 Å². The normalized spacial score (nSPS) is 15.0. The third-order valence-corrected chi connectivity index (χ3v) is 4.59. The number of aliphatic hydroxyl groups is 1. The molecule has 144 valence electrons. The largest absolute Gasteiger partial charge is 0.471 e. The lowest BCUT2D eigenvalue weighted by atomic mass is 10.0.